The highest BCUT2D eigenvalue weighted by atomic mass is 35.5. The number of nitrogens with zero attached hydrogens (tertiary/aromatic N) is 6. The quantitative estimate of drug-likeness (QED) is 0.393. The van der Waals surface area contributed by atoms with Gasteiger partial charge in [0.2, 0.25) is 5.91 Å². The van der Waals surface area contributed by atoms with Crippen molar-refractivity contribution in [1.29, 1.82) is 0 Å². The number of aromatic amines is 1. The number of halogens is 1. The minimum Gasteiger partial charge on any atom is -0.403 e. The summed E-state index contributed by atoms with van der Waals surface area (Å²) < 4.78 is 7.73. The van der Waals surface area contributed by atoms with Crippen LogP contribution in [0.1, 0.15) is 6.92 Å². The number of fused-ring (bicyclic) bond motifs is 1. The summed E-state index contributed by atoms with van der Waals surface area (Å²) in [6, 6.07) is 8.34. The van der Waals surface area contributed by atoms with Crippen molar-refractivity contribution in [3.63, 3.8) is 0 Å². The van der Waals surface area contributed by atoms with Crippen LogP contribution < -0.4 is 10.6 Å². The Morgan fingerprint density at radius 2 is 2.06 bits per heavy atom. The van der Waals surface area contributed by atoms with Gasteiger partial charge in [-0.15, -0.1) is 5.10 Å². The van der Waals surface area contributed by atoms with Crippen LogP contribution in [0.5, 0.6) is 0 Å². The molecule has 0 fully saturated rings. The predicted molar refractivity (Wildman–Crippen MR) is 124 cm³/mol. The van der Waals surface area contributed by atoms with Crippen LogP contribution >= 0.6 is 11.6 Å². The lowest BCUT2D eigenvalue weighted by Crippen LogP contribution is -2.40. The first-order chi connectivity index (χ1) is 15.9. The van der Waals surface area contributed by atoms with Crippen molar-refractivity contribution in [3.05, 3.63) is 60.1 Å². The third-order valence-corrected chi connectivity index (χ3v) is 5.65. The lowest BCUT2D eigenvalue weighted by Gasteiger charge is -2.25. The molecule has 0 aliphatic carbocycles. The van der Waals surface area contributed by atoms with Crippen molar-refractivity contribution in [3.8, 4) is 22.6 Å². The van der Waals surface area contributed by atoms with Crippen LogP contribution in [0.2, 0.25) is 5.02 Å². The van der Waals surface area contributed by atoms with E-state index < -0.39 is 11.9 Å². The van der Waals surface area contributed by atoms with E-state index in [9.17, 15) is 4.79 Å². The smallest absolute Gasteiger partial charge is 0.323 e. The Hall–Kier alpha value is -4.18. The number of hydrogen-bond acceptors (Lipinski definition) is 7. The Morgan fingerprint density at radius 1 is 1.24 bits per heavy atom. The second-order valence-corrected chi connectivity index (χ2v) is 7.92. The van der Waals surface area contributed by atoms with Crippen molar-refractivity contribution < 1.29 is 9.21 Å². The highest BCUT2D eigenvalue weighted by Gasteiger charge is 2.28. The number of pyridine rings is 1. The maximum Gasteiger partial charge on any atom is 0.323 e. The highest BCUT2D eigenvalue weighted by Crippen LogP contribution is 2.36. The van der Waals surface area contributed by atoms with Gasteiger partial charge >= 0.3 is 6.01 Å². The fraction of sp³-hybridized carbons (Fsp3) is 0.136. The molecule has 3 N–H and O–H groups in total. The largest absolute Gasteiger partial charge is 0.403 e. The Kier molecular flexibility index (Phi) is 5.06. The maximum atomic E-state index is 12.0. The molecular weight excluding hydrogens is 444 g/mol. The highest BCUT2D eigenvalue weighted by molar-refractivity contribution is 6.33. The van der Waals surface area contributed by atoms with Crippen LogP contribution in [0.25, 0.3) is 33.6 Å². The van der Waals surface area contributed by atoms with Crippen molar-refractivity contribution in [2.24, 2.45) is 12.8 Å². The van der Waals surface area contributed by atoms with Gasteiger partial charge in [0.15, 0.2) is 0 Å². The molecule has 10 nitrogen and oxygen atoms in total. The van der Waals surface area contributed by atoms with Crippen molar-refractivity contribution >= 4 is 40.2 Å². The van der Waals surface area contributed by atoms with E-state index >= 15 is 0 Å². The van der Waals surface area contributed by atoms with Crippen molar-refractivity contribution in [1.82, 2.24) is 29.9 Å². The fourth-order valence-corrected chi connectivity index (χ4v) is 3.81. The minimum absolute atomic E-state index is 0.0927. The molecule has 11 heteroatoms. The first-order valence-electron chi connectivity index (χ1n) is 10.1. The van der Waals surface area contributed by atoms with E-state index in [2.05, 4.69) is 25.3 Å². The minimum atomic E-state index is -0.778. The molecule has 0 saturated heterocycles. The van der Waals surface area contributed by atoms with E-state index in [1.165, 1.54) is 4.90 Å². The molecule has 1 atom stereocenters. The number of aryl methyl sites for hydroxylation is 1. The number of hydrogen-bond donors (Lipinski definition) is 2. The molecule has 0 radical (unpaired) electrons. The van der Waals surface area contributed by atoms with Crippen LogP contribution in [0, 0.1) is 0 Å². The van der Waals surface area contributed by atoms with Crippen LogP contribution in [0.15, 0.2) is 59.5 Å². The third-order valence-electron chi connectivity index (χ3n) is 5.33. The molecule has 4 heterocycles. The molecule has 1 amide bonds. The number of nitrogens with two attached hydrogens (primary N) is 1. The summed E-state index contributed by atoms with van der Waals surface area (Å²) in [6.07, 6.45) is 7.20. The standard InChI is InChI=1S/C22H19ClN8O2/c1-12(19(24)32)31(18-6-4-3-5-17(18)23)22-29-28-21(33-22)16-10-26-20-15(16)7-13(8-25-20)14-9-27-30(2)11-14/h3-12H,1-2H3,(H2,24,32)(H,25,26). The van der Waals surface area contributed by atoms with E-state index in [1.807, 2.05) is 19.3 Å². The second kappa shape index (κ2) is 8.06. The van der Waals surface area contributed by atoms with Crippen LogP contribution in [0.3, 0.4) is 0 Å². The molecule has 0 spiro atoms. The SMILES string of the molecule is CC(C(N)=O)N(c1nnc(-c2c[nH]c3ncc(-c4cnn(C)c4)cc23)o1)c1ccccc1Cl. The number of carbonyl (C=O) groups excluding carboxylic acids is 1. The summed E-state index contributed by atoms with van der Waals surface area (Å²) in [5.41, 5.74) is 9.29. The Labute approximate surface area is 193 Å². The van der Waals surface area contributed by atoms with Gasteiger partial charge in [0.1, 0.15) is 11.7 Å². The molecule has 5 aromatic rings. The molecule has 1 unspecified atom stereocenters. The number of aromatic nitrogens is 6. The number of para-hydroxylation sites is 1. The molecular formula is C22H19ClN8O2. The summed E-state index contributed by atoms with van der Waals surface area (Å²) >= 11 is 6.38. The molecule has 0 saturated carbocycles. The van der Waals surface area contributed by atoms with Gasteiger partial charge in [-0.25, -0.2) is 4.98 Å². The first kappa shape index (κ1) is 20.7. The predicted octanol–water partition coefficient (Wildman–Crippen LogP) is 3.68. The monoisotopic (exact) mass is 462 g/mol. The molecule has 166 valence electrons. The van der Waals surface area contributed by atoms with Gasteiger partial charge in [-0.05, 0) is 25.1 Å². The summed E-state index contributed by atoms with van der Waals surface area (Å²) in [7, 11) is 1.86. The van der Waals surface area contributed by atoms with Crippen LogP contribution in [-0.4, -0.2) is 41.9 Å². The van der Waals surface area contributed by atoms with E-state index in [4.69, 9.17) is 21.8 Å². The summed E-state index contributed by atoms with van der Waals surface area (Å²) in [6.45, 7) is 1.64. The molecule has 33 heavy (non-hydrogen) atoms. The van der Waals surface area contributed by atoms with Crippen LogP contribution in [-0.2, 0) is 11.8 Å². The van der Waals surface area contributed by atoms with Crippen molar-refractivity contribution in [2.75, 3.05) is 4.90 Å². The zero-order chi connectivity index (χ0) is 23.1. The molecule has 0 aliphatic rings. The van der Waals surface area contributed by atoms with E-state index in [0.717, 1.165) is 16.5 Å². The topological polar surface area (TPSA) is 132 Å². The zero-order valence-electron chi connectivity index (χ0n) is 17.7. The molecule has 5 rings (SSSR count). The number of H-pyrrole nitrogens is 1. The average molecular weight is 463 g/mol. The van der Waals surface area contributed by atoms with E-state index in [0.29, 0.717) is 21.9 Å². The second-order valence-electron chi connectivity index (χ2n) is 7.51. The summed E-state index contributed by atoms with van der Waals surface area (Å²) in [4.78, 5) is 21.1. The van der Waals surface area contributed by atoms with Gasteiger partial charge < -0.3 is 15.1 Å². The number of anilines is 2. The fourth-order valence-electron chi connectivity index (χ4n) is 3.58. The Morgan fingerprint density at radius 3 is 2.79 bits per heavy atom. The number of benzene rings is 1. The first-order valence-corrected chi connectivity index (χ1v) is 10.4. The van der Waals surface area contributed by atoms with Gasteiger partial charge in [0, 0.05) is 42.2 Å². The molecule has 4 aromatic heterocycles. The molecule has 0 bridgehead atoms. The van der Waals surface area contributed by atoms with Gasteiger partial charge in [0.25, 0.3) is 5.89 Å². The number of primary amides is 1. The average Bonchev–Trinajstić information content (AvgIpc) is 3.54. The van der Waals surface area contributed by atoms with Gasteiger partial charge in [-0.3, -0.25) is 14.4 Å². The molecule has 1 aromatic carbocycles. The lowest BCUT2D eigenvalue weighted by atomic mass is 10.1. The van der Waals surface area contributed by atoms with Gasteiger partial charge in [0.05, 0.1) is 22.5 Å². The van der Waals surface area contributed by atoms with Crippen molar-refractivity contribution in [2.45, 2.75) is 13.0 Å². The zero-order valence-corrected chi connectivity index (χ0v) is 18.5. The number of amides is 1. The number of rotatable bonds is 6. The Bertz CT molecular complexity index is 1470. The molecule has 0 aliphatic heterocycles. The van der Waals surface area contributed by atoms with E-state index in [1.54, 1.807) is 54.5 Å². The van der Waals surface area contributed by atoms with Crippen LogP contribution in [0.4, 0.5) is 11.7 Å². The summed E-state index contributed by atoms with van der Waals surface area (Å²) in [5.74, 6) is -0.304. The van der Waals surface area contributed by atoms with Gasteiger partial charge in [-0.2, -0.15) is 5.10 Å². The lowest BCUT2D eigenvalue weighted by molar-refractivity contribution is -0.118. The number of carbonyl (C=O) groups is 1. The Balaban J connectivity index is 1.58. The van der Waals surface area contributed by atoms with E-state index in [-0.39, 0.29) is 11.9 Å². The normalized spacial score (nSPS) is 12.2. The maximum absolute atomic E-state index is 12.0. The summed E-state index contributed by atoms with van der Waals surface area (Å²) in [5, 5.41) is 13.8. The van der Waals surface area contributed by atoms with Gasteiger partial charge in [-0.1, -0.05) is 28.8 Å². The third kappa shape index (κ3) is 3.70. The number of nitrogens with one attached hydrogen (secondary N) is 1.